The summed E-state index contributed by atoms with van der Waals surface area (Å²) in [6.07, 6.45) is 1.14. The van der Waals surface area contributed by atoms with Crippen molar-refractivity contribution in [3.8, 4) is 11.3 Å². The summed E-state index contributed by atoms with van der Waals surface area (Å²) in [7, 11) is 0. The number of rotatable bonds is 7. The zero-order valence-electron chi connectivity index (χ0n) is 14.1. The van der Waals surface area contributed by atoms with E-state index in [9.17, 15) is 0 Å². The molecule has 1 aromatic carbocycles. The van der Waals surface area contributed by atoms with E-state index in [2.05, 4.69) is 10.2 Å². The molecule has 0 saturated carbocycles. The second-order valence-corrected chi connectivity index (χ2v) is 6.19. The highest BCUT2D eigenvalue weighted by molar-refractivity contribution is 6.30. The van der Waals surface area contributed by atoms with E-state index in [1.165, 1.54) is 0 Å². The molecule has 0 atom stereocenters. The highest BCUT2D eigenvalue weighted by Crippen LogP contribution is 2.23. The van der Waals surface area contributed by atoms with Crippen molar-refractivity contribution < 1.29 is 9.15 Å². The standard InChI is InChI=1S/C18H23ClN2O2.2ClH/c19-16-4-2-15(3-5-16)18-7-6-17(23-18)14-20-8-1-9-21-10-12-22-13-11-21;;/h2-7,20H,1,8-14H2;2*1H. The normalized spacial score (nSPS) is 14.6. The van der Waals surface area contributed by atoms with E-state index in [1.807, 2.05) is 36.4 Å². The second-order valence-electron chi connectivity index (χ2n) is 5.76. The van der Waals surface area contributed by atoms with Crippen LogP contribution in [0.15, 0.2) is 40.8 Å². The van der Waals surface area contributed by atoms with Crippen LogP contribution in [-0.4, -0.2) is 44.3 Å². The van der Waals surface area contributed by atoms with Crippen LogP contribution in [0.1, 0.15) is 12.2 Å². The van der Waals surface area contributed by atoms with E-state index < -0.39 is 0 Å². The van der Waals surface area contributed by atoms with Gasteiger partial charge in [0.2, 0.25) is 0 Å². The van der Waals surface area contributed by atoms with E-state index in [0.717, 1.165) is 74.5 Å². The topological polar surface area (TPSA) is 37.6 Å². The van der Waals surface area contributed by atoms with Crippen molar-refractivity contribution in [2.75, 3.05) is 39.4 Å². The van der Waals surface area contributed by atoms with Gasteiger partial charge in [0.25, 0.3) is 0 Å². The number of halogens is 3. The first-order chi connectivity index (χ1) is 11.3. The molecular formula is C18H25Cl3N2O2. The Kier molecular flexibility index (Phi) is 10.5. The van der Waals surface area contributed by atoms with E-state index in [1.54, 1.807) is 0 Å². The molecule has 25 heavy (non-hydrogen) atoms. The monoisotopic (exact) mass is 406 g/mol. The second kappa shape index (κ2) is 11.8. The summed E-state index contributed by atoms with van der Waals surface area (Å²) < 4.78 is 11.2. The zero-order chi connectivity index (χ0) is 15.9. The summed E-state index contributed by atoms with van der Waals surface area (Å²) >= 11 is 5.91. The number of furan rings is 1. The van der Waals surface area contributed by atoms with Crippen LogP contribution >= 0.6 is 36.4 Å². The third kappa shape index (κ3) is 7.18. The van der Waals surface area contributed by atoms with Crippen molar-refractivity contribution in [2.24, 2.45) is 0 Å². The third-order valence-corrected chi connectivity index (χ3v) is 4.27. The highest BCUT2D eigenvalue weighted by Gasteiger charge is 2.09. The van der Waals surface area contributed by atoms with Crippen LogP contribution in [-0.2, 0) is 11.3 Å². The number of morpholine rings is 1. The highest BCUT2D eigenvalue weighted by atomic mass is 35.5. The van der Waals surface area contributed by atoms with Crippen molar-refractivity contribution in [2.45, 2.75) is 13.0 Å². The first kappa shape index (κ1) is 22.3. The Balaban J connectivity index is 0.00000156. The number of nitrogens with zero attached hydrogens (tertiary/aromatic N) is 1. The van der Waals surface area contributed by atoms with E-state index in [0.29, 0.717) is 0 Å². The lowest BCUT2D eigenvalue weighted by molar-refractivity contribution is 0.0374. The molecule has 1 fully saturated rings. The first-order valence-corrected chi connectivity index (χ1v) is 8.54. The lowest BCUT2D eigenvalue weighted by Crippen LogP contribution is -2.37. The van der Waals surface area contributed by atoms with Gasteiger partial charge in [0.1, 0.15) is 11.5 Å². The molecule has 0 unspecified atom stereocenters. The maximum Gasteiger partial charge on any atom is 0.134 e. The van der Waals surface area contributed by atoms with Gasteiger partial charge in [-0.05, 0) is 55.9 Å². The van der Waals surface area contributed by atoms with Crippen molar-refractivity contribution in [3.63, 3.8) is 0 Å². The van der Waals surface area contributed by atoms with E-state index in [4.69, 9.17) is 20.8 Å². The van der Waals surface area contributed by atoms with Crippen LogP contribution in [0.3, 0.4) is 0 Å². The number of hydrogen-bond donors (Lipinski definition) is 1. The van der Waals surface area contributed by atoms with Gasteiger partial charge in [-0.2, -0.15) is 0 Å². The molecule has 1 N–H and O–H groups in total. The fourth-order valence-corrected chi connectivity index (χ4v) is 2.83. The van der Waals surface area contributed by atoms with Crippen LogP contribution in [0.4, 0.5) is 0 Å². The van der Waals surface area contributed by atoms with Gasteiger partial charge in [-0.25, -0.2) is 0 Å². The SMILES string of the molecule is Cl.Cl.Clc1ccc(-c2ccc(CNCCCN3CCOCC3)o2)cc1. The van der Waals surface area contributed by atoms with Crippen LogP contribution in [0.25, 0.3) is 11.3 Å². The van der Waals surface area contributed by atoms with Crippen LogP contribution in [0.2, 0.25) is 5.02 Å². The van der Waals surface area contributed by atoms with E-state index in [-0.39, 0.29) is 24.8 Å². The van der Waals surface area contributed by atoms with Crippen molar-refractivity contribution in [1.29, 1.82) is 0 Å². The molecule has 0 amide bonds. The molecule has 140 valence electrons. The molecular weight excluding hydrogens is 383 g/mol. The smallest absolute Gasteiger partial charge is 0.134 e. The van der Waals surface area contributed by atoms with Gasteiger partial charge in [0.15, 0.2) is 0 Å². The van der Waals surface area contributed by atoms with Gasteiger partial charge in [-0.1, -0.05) is 11.6 Å². The number of nitrogens with one attached hydrogen (secondary N) is 1. The molecule has 4 nitrogen and oxygen atoms in total. The van der Waals surface area contributed by atoms with Gasteiger partial charge in [0.05, 0.1) is 19.8 Å². The van der Waals surface area contributed by atoms with Crippen molar-refractivity contribution in [1.82, 2.24) is 10.2 Å². The minimum atomic E-state index is 0. The van der Waals surface area contributed by atoms with Gasteiger partial charge < -0.3 is 14.5 Å². The summed E-state index contributed by atoms with van der Waals surface area (Å²) in [5, 5.41) is 4.18. The fraction of sp³-hybridized carbons (Fsp3) is 0.444. The quantitative estimate of drug-likeness (QED) is 0.696. The largest absolute Gasteiger partial charge is 0.460 e. The minimum Gasteiger partial charge on any atom is -0.460 e. The van der Waals surface area contributed by atoms with Crippen molar-refractivity contribution >= 4 is 36.4 Å². The molecule has 0 aliphatic carbocycles. The van der Waals surface area contributed by atoms with Crippen molar-refractivity contribution in [3.05, 3.63) is 47.2 Å². The molecule has 2 heterocycles. The molecule has 2 aromatic rings. The van der Waals surface area contributed by atoms with Gasteiger partial charge in [-0.15, -0.1) is 24.8 Å². The van der Waals surface area contributed by atoms with Gasteiger partial charge in [0, 0.05) is 23.7 Å². The molecule has 0 bridgehead atoms. The Morgan fingerprint density at radius 1 is 1.00 bits per heavy atom. The Labute approximate surface area is 166 Å². The summed E-state index contributed by atoms with van der Waals surface area (Å²) in [4.78, 5) is 2.46. The molecule has 1 aliphatic rings. The van der Waals surface area contributed by atoms with Crippen LogP contribution in [0.5, 0.6) is 0 Å². The lowest BCUT2D eigenvalue weighted by atomic mass is 10.2. The Bertz CT molecular complexity index is 599. The predicted octanol–water partition coefficient (Wildman–Crippen LogP) is 4.26. The maximum absolute atomic E-state index is 5.91. The average molecular weight is 408 g/mol. The Morgan fingerprint density at radius 2 is 1.72 bits per heavy atom. The minimum absolute atomic E-state index is 0. The molecule has 0 radical (unpaired) electrons. The molecule has 1 saturated heterocycles. The molecule has 1 aromatic heterocycles. The van der Waals surface area contributed by atoms with Gasteiger partial charge >= 0.3 is 0 Å². The average Bonchev–Trinajstić information content (AvgIpc) is 3.05. The molecule has 1 aliphatic heterocycles. The Morgan fingerprint density at radius 3 is 2.44 bits per heavy atom. The zero-order valence-corrected chi connectivity index (χ0v) is 16.5. The molecule has 7 heteroatoms. The summed E-state index contributed by atoms with van der Waals surface area (Å²) in [6.45, 7) is 6.74. The van der Waals surface area contributed by atoms with Crippen LogP contribution in [0, 0.1) is 0 Å². The lowest BCUT2D eigenvalue weighted by Gasteiger charge is -2.26. The Hall–Kier alpha value is -0.750. The number of hydrogen-bond acceptors (Lipinski definition) is 4. The first-order valence-electron chi connectivity index (χ1n) is 8.17. The summed E-state index contributed by atoms with van der Waals surface area (Å²) in [5.74, 6) is 1.84. The molecule has 0 spiro atoms. The van der Waals surface area contributed by atoms with Gasteiger partial charge in [-0.3, -0.25) is 4.90 Å². The van der Waals surface area contributed by atoms with Crippen LogP contribution < -0.4 is 5.32 Å². The summed E-state index contributed by atoms with van der Waals surface area (Å²) in [6, 6.07) is 11.7. The maximum atomic E-state index is 5.91. The summed E-state index contributed by atoms with van der Waals surface area (Å²) in [5.41, 5.74) is 1.05. The van der Waals surface area contributed by atoms with E-state index >= 15 is 0 Å². The predicted molar refractivity (Wildman–Crippen MR) is 107 cm³/mol. The molecule has 3 rings (SSSR count). The number of benzene rings is 1. The number of ether oxygens (including phenoxy) is 1. The fourth-order valence-electron chi connectivity index (χ4n) is 2.71. The third-order valence-electron chi connectivity index (χ3n) is 4.02.